The third kappa shape index (κ3) is 8.30. The minimum atomic E-state index is -0.192. The van der Waals surface area contributed by atoms with Gasteiger partial charge in [0, 0.05) is 26.3 Å². The van der Waals surface area contributed by atoms with Crippen molar-refractivity contribution in [1.29, 1.82) is 0 Å². The summed E-state index contributed by atoms with van der Waals surface area (Å²) in [6.45, 7) is 4.23. The van der Waals surface area contributed by atoms with E-state index in [1.165, 1.54) is 4.90 Å². The zero-order valence-electron chi connectivity index (χ0n) is 9.78. The monoisotopic (exact) mass is 233 g/mol. The van der Waals surface area contributed by atoms with Crippen molar-refractivity contribution in [2.75, 3.05) is 26.5 Å². The summed E-state index contributed by atoms with van der Waals surface area (Å²) in [6.07, 6.45) is 0.437. The minimum absolute atomic E-state index is 0.0186. The number of carbonyl (C=O) groups is 2. The SMILES string of the molecule is CC(C)CC(=O)OCCSC(=O)N(C)C. The second kappa shape index (κ2) is 7.56. The molecule has 0 saturated carbocycles. The molecule has 0 fully saturated rings. The van der Waals surface area contributed by atoms with E-state index in [9.17, 15) is 9.59 Å². The highest BCUT2D eigenvalue weighted by molar-refractivity contribution is 8.13. The summed E-state index contributed by atoms with van der Waals surface area (Å²) in [7, 11) is 3.39. The molecule has 0 saturated heterocycles. The molecule has 0 aliphatic heterocycles. The second-order valence-electron chi connectivity index (χ2n) is 3.83. The van der Waals surface area contributed by atoms with Gasteiger partial charge in [-0.15, -0.1) is 0 Å². The number of ether oxygens (including phenoxy) is 1. The predicted octanol–water partition coefficient (Wildman–Crippen LogP) is 1.99. The minimum Gasteiger partial charge on any atom is -0.465 e. The van der Waals surface area contributed by atoms with Crippen LogP contribution in [0, 0.1) is 5.92 Å². The van der Waals surface area contributed by atoms with E-state index < -0.39 is 0 Å². The van der Waals surface area contributed by atoms with Gasteiger partial charge in [0.2, 0.25) is 0 Å². The molecule has 0 spiro atoms. The summed E-state index contributed by atoms with van der Waals surface area (Å²) >= 11 is 1.16. The van der Waals surface area contributed by atoms with Gasteiger partial charge in [-0.05, 0) is 5.92 Å². The van der Waals surface area contributed by atoms with Crippen LogP contribution in [0.15, 0.2) is 0 Å². The molecular weight excluding hydrogens is 214 g/mol. The smallest absolute Gasteiger partial charge is 0.306 e. The maximum absolute atomic E-state index is 11.1. The number of nitrogens with zero attached hydrogens (tertiary/aromatic N) is 1. The quantitative estimate of drug-likeness (QED) is 0.538. The molecule has 0 N–H and O–H groups in total. The van der Waals surface area contributed by atoms with Crippen molar-refractivity contribution in [3.63, 3.8) is 0 Å². The molecule has 0 radical (unpaired) electrons. The summed E-state index contributed by atoms with van der Waals surface area (Å²) < 4.78 is 4.95. The molecule has 0 rings (SSSR count). The highest BCUT2D eigenvalue weighted by Crippen LogP contribution is 2.06. The topological polar surface area (TPSA) is 46.6 Å². The molecule has 0 aromatic rings. The van der Waals surface area contributed by atoms with Crippen LogP contribution in [0.3, 0.4) is 0 Å². The molecule has 0 aromatic carbocycles. The Labute approximate surface area is 95.3 Å². The maximum atomic E-state index is 11.1. The van der Waals surface area contributed by atoms with Crippen LogP contribution in [0.1, 0.15) is 20.3 Å². The fourth-order valence-corrected chi connectivity index (χ4v) is 1.41. The Morgan fingerprint density at radius 3 is 2.40 bits per heavy atom. The molecule has 1 amide bonds. The van der Waals surface area contributed by atoms with Crippen LogP contribution in [0.25, 0.3) is 0 Å². The summed E-state index contributed by atoms with van der Waals surface area (Å²) in [4.78, 5) is 23.7. The van der Waals surface area contributed by atoms with E-state index in [-0.39, 0.29) is 11.2 Å². The lowest BCUT2D eigenvalue weighted by atomic mass is 10.1. The first kappa shape index (κ1) is 14.3. The third-order valence-corrected chi connectivity index (χ3v) is 2.49. The fraction of sp³-hybridized carbons (Fsp3) is 0.800. The Bertz CT molecular complexity index is 217. The number of hydrogen-bond donors (Lipinski definition) is 0. The molecule has 0 bridgehead atoms. The van der Waals surface area contributed by atoms with Crippen LogP contribution >= 0.6 is 11.8 Å². The van der Waals surface area contributed by atoms with Crippen LogP contribution in [-0.4, -0.2) is 42.6 Å². The number of hydrogen-bond acceptors (Lipinski definition) is 4. The highest BCUT2D eigenvalue weighted by Gasteiger charge is 2.07. The zero-order valence-corrected chi connectivity index (χ0v) is 10.6. The summed E-state index contributed by atoms with van der Waals surface area (Å²) in [6, 6.07) is 0. The molecule has 0 aliphatic rings. The van der Waals surface area contributed by atoms with E-state index in [0.29, 0.717) is 24.7 Å². The lowest BCUT2D eigenvalue weighted by Crippen LogP contribution is -2.18. The van der Waals surface area contributed by atoms with Crippen molar-refractivity contribution >= 4 is 23.0 Å². The molecule has 0 aromatic heterocycles. The van der Waals surface area contributed by atoms with E-state index in [1.807, 2.05) is 13.8 Å². The van der Waals surface area contributed by atoms with Gasteiger partial charge < -0.3 is 9.64 Å². The fourth-order valence-electron chi connectivity index (χ4n) is 0.806. The maximum Gasteiger partial charge on any atom is 0.306 e. The molecule has 5 heteroatoms. The lowest BCUT2D eigenvalue weighted by Gasteiger charge is -2.09. The van der Waals surface area contributed by atoms with Gasteiger partial charge in [-0.2, -0.15) is 0 Å². The average molecular weight is 233 g/mol. The van der Waals surface area contributed by atoms with Crippen molar-refractivity contribution in [3.05, 3.63) is 0 Å². The van der Waals surface area contributed by atoms with Crippen LogP contribution in [-0.2, 0) is 9.53 Å². The predicted molar refractivity (Wildman–Crippen MR) is 62.0 cm³/mol. The van der Waals surface area contributed by atoms with Crippen LogP contribution in [0.4, 0.5) is 4.79 Å². The van der Waals surface area contributed by atoms with E-state index >= 15 is 0 Å². The van der Waals surface area contributed by atoms with Crippen molar-refractivity contribution in [3.8, 4) is 0 Å². The van der Waals surface area contributed by atoms with Crippen LogP contribution in [0.5, 0.6) is 0 Å². The summed E-state index contributed by atoms with van der Waals surface area (Å²) in [5, 5.41) is -0.0186. The van der Waals surface area contributed by atoms with Crippen LogP contribution < -0.4 is 0 Å². The van der Waals surface area contributed by atoms with E-state index in [0.717, 1.165) is 11.8 Å². The van der Waals surface area contributed by atoms with Gasteiger partial charge in [0.15, 0.2) is 0 Å². The van der Waals surface area contributed by atoms with Gasteiger partial charge >= 0.3 is 5.97 Å². The molecule has 15 heavy (non-hydrogen) atoms. The van der Waals surface area contributed by atoms with Gasteiger partial charge in [0.1, 0.15) is 6.61 Å². The first-order chi connectivity index (χ1) is 6.93. The number of thioether (sulfide) groups is 1. The first-order valence-electron chi connectivity index (χ1n) is 4.93. The Balaban J connectivity index is 3.46. The van der Waals surface area contributed by atoms with Crippen molar-refractivity contribution in [2.45, 2.75) is 20.3 Å². The molecule has 0 heterocycles. The number of carbonyl (C=O) groups excluding carboxylic acids is 2. The van der Waals surface area contributed by atoms with Gasteiger partial charge in [-0.1, -0.05) is 25.6 Å². The largest absolute Gasteiger partial charge is 0.465 e. The molecule has 4 nitrogen and oxygen atoms in total. The third-order valence-electron chi connectivity index (χ3n) is 1.51. The standard InChI is InChI=1S/C10H19NO3S/c1-8(2)7-9(12)14-5-6-15-10(13)11(3)4/h8H,5-7H2,1-4H3. The normalized spacial score (nSPS) is 10.2. The van der Waals surface area contributed by atoms with Crippen molar-refractivity contribution in [1.82, 2.24) is 4.90 Å². The molecule has 0 atom stereocenters. The molecule has 0 unspecified atom stereocenters. The highest BCUT2D eigenvalue weighted by atomic mass is 32.2. The first-order valence-corrected chi connectivity index (χ1v) is 5.91. The van der Waals surface area contributed by atoms with Gasteiger partial charge in [0.25, 0.3) is 5.24 Å². The Morgan fingerprint density at radius 1 is 1.33 bits per heavy atom. The second-order valence-corrected chi connectivity index (χ2v) is 4.87. The molecule has 88 valence electrons. The van der Waals surface area contributed by atoms with Gasteiger partial charge in [-0.25, -0.2) is 0 Å². The van der Waals surface area contributed by atoms with Crippen LogP contribution in [0.2, 0.25) is 0 Å². The Morgan fingerprint density at radius 2 is 1.93 bits per heavy atom. The van der Waals surface area contributed by atoms with Crippen molar-refractivity contribution in [2.24, 2.45) is 5.92 Å². The van der Waals surface area contributed by atoms with E-state index in [2.05, 4.69) is 0 Å². The number of rotatable bonds is 5. The van der Waals surface area contributed by atoms with Crippen molar-refractivity contribution < 1.29 is 14.3 Å². The number of esters is 1. The zero-order chi connectivity index (χ0) is 11.8. The molecule has 0 aliphatic carbocycles. The Kier molecular flexibility index (Phi) is 7.21. The lowest BCUT2D eigenvalue weighted by molar-refractivity contribution is -0.143. The number of amides is 1. The van der Waals surface area contributed by atoms with Gasteiger partial charge in [0.05, 0.1) is 0 Å². The molecular formula is C10H19NO3S. The van der Waals surface area contributed by atoms with E-state index in [1.54, 1.807) is 14.1 Å². The Hall–Kier alpha value is -0.710. The van der Waals surface area contributed by atoms with Gasteiger partial charge in [-0.3, -0.25) is 9.59 Å². The summed E-state index contributed by atoms with van der Waals surface area (Å²) in [5.74, 6) is 0.636. The van der Waals surface area contributed by atoms with E-state index in [4.69, 9.17) is 4.74 Å². The average Bonchev–Trinajstić information content (AvgIpc) is 2.10. The summed E-state index contributed by atoms with van der Waals surface area (Å²) in [5.41, 5.74) is 0.